The summed E-state index contributed by atoms with van der Waals surface area (Å²) in [5.41, 5.74) is 8.39. The molecule has 1 saturated carbocycles. The van der Waals surface area contributed by atoms with Crippen molar-refractivity contribution in [2.24, 2.45) is 0 Å². The molecule has 1 fully saturated rings. The molecule has 0 saturated heterocycles. The molecule has 0 aliphatic heterocycles. The fourth-order valence-electron chi connectivity index (χ4n) is 2.23. The molecule has 1 aliphatic carbocycles. The summed E-state index contributed by atoms with van der Waals surface area (Å²) in [5, 5.41) is 1.90. The predicted molar refractivity (Wildman–Crippen MR) is 85.8 cm³/mol. The van der Waals surface area contributed by atoms with Gasteiger partial charge in [0.2, 0.25) is 0 Å². The van der Waals surface area contributed by atoms with Crippen LogP contribution < -0.4 is 5.73 Å². The summed E-state index contributed by atoms with van der Waals surface area (Å²) in [7, 11) is 0. The number of halogens is 1. The van der Waals surface area contributed by atoms with Crippen molar-refractivity contribution in [3.63, 3.8) is 0 Å². The predicted octanol–water partition coefficient (Wildman–Crippen LogP) is 3.90. The molecule has 5 heteroatoms. The van der Waals surface area contributed by atoms with Crippen LogP contribution in [0.5, 0.6) is 0 Å². The first-order valence-corrected chi connectivity index (χ1v) is 8.20. The molecule has 0 bridgehead atoms. The van der Waals surface area contributed by atoms with E-state index in [1.807, 2.05) is 40.6 Å². The van der Waals surface area contributed by atoms with Gasteiger partial charge >= 0.3 is 0 Å². The monoisotopic (exact) mass is 350 g/mol. The molecule has 1 aliphatic rings. The fourth-order valence-corrected chi connectivity index (χ4v) is 3.36. The number of nitrogens with two attached hydrogens (primary N) is 1. The first kappa shape index (κ1) is 13.6. The fraction of sp³-hybridized carbons (Fsp3) is 0.267. The Morgan fingerprint density at radius 1 is 1.40 bits per heavy atom. The molecule has 3 nitrogen and oxygen atoms in total. The van der Waals surface area contributed by atoms with Crippen LogP contribution >= 0.6 is 27.3 Å². The van der Waals surface area contributed by atoms with Crippen molar-refractivity contribution >= 4 is 38.9 Å². The van der Waals surface area contributed by atoms with Crippen LogP contribution in [0.15, 0.2) is 39.5 Å². The molecular weight excluding hydrogens is 336 g/mol. The number of nitrogen functional groups attached to an aromatic ring is 1. The van der Waals surface area contributed by atoms with E-state index < -0.39 is 0 Å². The third kappa shape index (κ3) is 3.04. The standard InChI is InChI=1S/C15H15BrN2OS/c16-14-7-11(9-20-14)15(19)18(13-4-5-13)8-10-2-1-3-12(17)6-10/h1-3,6-7,9,13H,4-5,8,17H2. The lowest BCUT2D eigenvalue weighted by atomic mass is 10.1. The Labute approximate surface area is 130 Å². The van der Waals surface area contributed by atoms with Gasteiger partial charge in [-0.05, 0) is 52.5 Å². The Morgan fingerprint density at radius 2 is 2.20 bits per heavy atom. The van der Waals surface area contributed by atoms with Gasteiger partial charge in [0.1, 0.15) is 0 Å². The molecule has 104 valence electrons. The number of amides is 1. The lowest BCUT2D eigenvalue weighted by Gasteiger charge is -2.22. The SMILES string of the molecule is Nc1cccc(CN(C(=O)c2csc(Br)c2)C2CC2)c1. The molecule has 1 aromatic carbocycles. The van der Waals surface area contributed by atoms with Crippen molar-refractivity contribution in [3.05, 3.63) is 50.6 Å². The maximum Gasteiger partial charge on any atom is 0.255 e. The zero-order chi connectivity index (χ0) is 14.1. The Kier molecular flexibility index (Phi) is 3.81. The van der Waals surface area contributed by atoms with Crippen molar-refractivity contribution in [1.82, 2.24) is 4.90 Å². The van der Waals surface area contributed by atoms with Gasteiger partial charge in [0.15, 0.2) is 0 Å². The van der Waals surface area contributed by atoms with Gasteiger partial charge < -0.3 is 10.6 Å². The normalized spacial score (nSPS) is 14.2. The summed E-state index contributed by atoms with van der Waals surface area (Å²) in [6.45, 7) is 0.627. The third-order valence-corrected chi connectivity index (χ3v) is 4.87. The average molecular weight is 351 g/mol. The summed E-state index contributed by atoms with van der Waals surface area (Å²) in [5.74, 6) is 0.108. The summed E-state index contributed by atoms with van der Waals surface area (Å²) in [6.07, 6.45) is 2.19. The Bertz CT molecular complexity index is 636. The lowest BCUT2D eigenvalue weighted by Crippen LogP contribution is -2.32. The number of thiophene rings is 1. The van der Waals surface area contributed by atoms with E-state index in [1.54, 1.807) is 11.3 Å². The topological polar surface area (TPSA) is 46.3 Å². The van der Waals surface area contributed by atoms with Crippen LogP contribution in [0.25, 0.3) is 0 Å². The zero-order valence-corrected chi connectivity index (χ0v) is 13.3. The quantitative estimate of drug-likeness (QED) is 0.850. The molecule has 2 aromatic rings. The van der Waals surface area contributed by atoms with Crippen molar-refractivity contribution in [1.29, 1.82) is 0 Å². The van der Waals surface area contributed by atoms with Crippen LogP contribution in [0.4, 0.5) is 5.69 Å². The molecule has 3 rings (SSSR count). The Balaban J connectivity index is 1.81. The summed E-state index contributed by atoms with van der Waals surface area (Å²) in [4.78, 5) is 14.6. The minimum atomic E-state index is 0.108. The van der Waals surface area contributed by atoms with E-state index in [0.717, 1.165) is 33.4 Å². The Morgan fingerprint density at radius 3 is 2.80 bits per heavy atom. The number of hydrogen-bond donors (Lipinski definition) is 1. The molecular formula is C15H15BrN2OS. The van der Waals surface area contributed by atoms with E-state index in [4.69, 9.17) is 5.73 Å². The van der Waals surface area contributed by atoms with Crippen LogP contribution in [-0.4, -0.2) is 16.8 Å². The molecule has 1 amide bonds. The minimum absolute atomic E-state index is 0.108. The second-order valence-corrected chi connectivity index (χ2v) is 7.34. The summed E-state index contributed by atoms with van der Waals surface area (Å²) in [6, 6.07) is 10.0. The number of benzene rings is 1. The number of anilines is 1. The minimum Gasteiger partial charge on any atom is -0.399 e. The van der Waals surface area contributed by atoms with E-state index in [9.17, 15) is 4.79 Å². The second kappa shape index (κ2) is 5.58. The molecule has 1 aromatic heterocycles. The number of rotatable bonds is 4. The highest BCUT2D eigenvalue weighted by Gasteiger charge is 2.33. The number of hydrogen-bond acceptors (Lipinski definition) is 3. The van der Waals surface area contributed by atoms with Gasteiger partial charge in [0.25, 0.3) is 5.91 Å². The van der Waals surface area contributed by atoms with Crippen LogP contribution in [0.1, 0.15) is 28.8 Å². The van der Waals surface area contributed by atoms with Gasteiger partial charge in [-0.15, -0.1) is 11.3 Å². The highest BCUT2D eigenvalue weighted by molar-refractivity contribution is 9.11. The zero-order valence-electron chi connectivity index (χ0n) is 10.9. The highest BCUT2D eigenvalue weighted by atomic mass is 79.9. The van der Waals surface area contributed by atoms with Gasteiger partial charge in [0, 0.05) is 23.7 Å². The van der Waals surface area contributed by atoms with E-state index in [1.165, 1.54) is 0 Å². The van der Waals surface area contributed by atoms with Crippen LogP contribution in [0.3, 0.4) is 0 Å². The molecule has 2 N–H and O–H groups in total. The van der Waals surface area contributed by atoms with Crippen molar-refractivity contribution in [2.45, 2.75) is 25.4 Å². The first-order chi connectivity index (χ1) is 9.63. The molecule has 0 radical (unpaired) electrons. The van der Waals surface area contributed by atoms with Gasteiger partial charge in [0.05, 0.1) is 9.35 Å². The van der Waals surface area contributed by atoms with Crippen molar-refractivity contribution in [2.75, 3.05) is 5.73 Å². The average Bonchev–Trinajstić information content (AvgIpc) is 3.17. The van der Waals surface area contributed by atoms with Crippen molar-refractivity contribution in [3.8, 4) is 0 Å². The van der Waals surface area contributed by atoms with E-state index in [-0.39, 0.29) is 5.91 Å². The Hall–Kier alpha value is -1.33. The summed E-state index contributed by atoms with van der Waals surface area (Å²) < 4.78 is 0.987. The van der Waals surface area contributed by atoms with E-state index in [2.05, 4.69) is 15.9 Å². The van der Waals surface area contributed by atoms with Gasteiger partial charge in [-0.2, -0.15) is 0 Å². The van der Waals surface area contributed by atoms with Gasteiger partial charge in [-0.25, -0.2) is 0 Å². The molecule has 1 heterocycles. The van der Waals surface area contributed by atoms with Gasteiger partial charge in [-0.3, -0.25) is 4.79 Å². The maximum absolute atomic E-state index is 12.6. The largest absolute Gasteiger partial charge is 0.399 e. The third-order valence-electron chi connectivity index (χ3n) is 3.37. The lowest BCUT2D eigenvalue weighted by molar-refractivity contribution is 0.0730. The first-order valence-electron chi connectivity index (χ1n) is 6.53. The van der Waals surface area contributed by atoms with E-state index >= 15 is 0 Å². The molecule has 0 atom stereocenters. The van der Waals surface area contributed by atoms with Crippen molar-refractivity contribution < 1.29 is 4.79 Å². The molecule has 20 heavy (non-hydrogen) atoms. The molecule has 0 spiro atoms. The number of nitrogens with zero attached hydrogens (tertiary/aromatic N) is 1. The van der Waals surface area contributed by atoms with Crippen LogP contribution in [-0.2, 0) is 6.54 Å². The number of carbonyl (C=O) groups is 1. The van der Waals surface area contributed by atoms with E-state index in [0.29, 0.717) is 12.6 Å². The maximum atomic E-state index is 12.6. The highest BCUT2D eigenvalue weighted by Crippen LogP contribution is 2.31. The number of carbonyl (C=O) groups excluding carboxylic acids is 1. The molecule has 0 unspecified atom stereocenters. The van der Waals surface area contributed by atoms with Crippen LogP contribution in [0, 0.1) is 0 Å². The smallest absolute Gasteiger partial charge is 0.255 e. The second-order valence-electron chi connectivity index (χ2n) is 5.05. The van der Waals surface area contributed by atoms with Gasteiger partial charge in [-0.1, -0.05) is 12.1 Å². The summed E-state index contributed by atoms with van der Waals surface area (Å²) >= 11 is 4.95. The van der Waals surface area contributed by atoms with Crippen LogP contribution in [0.2, 0.25) is 0 Å².